The number of halogens is 1. The summed E-state index contributed by atoms with van der Waals surface area (Å²) in [7, 11) is 0. The van der Waals surface area contributed by atoms with Gasteiger partial charge < -0.3 is 14.7 Å². The Labute approximate surface area is 171 Å². The molecule has 1 saturated heterocycles. The lowest BCUT2D eigenvalue weighted by Crippen LogP contribution is -2.39. The first-order valence-electron chi connectivity index (χ1n) is 9.66. The van der Waals surface area contributed by atoms with Crippen molar-refractivity contribution in [3.63, 3.8) is 0 Å². The molecule has 0 bridgehead atoms. The van der Waals surface area contributed by atoms with E-state index in [0.29, 0.717) is 36.7 Å². The minimum atomic E-state index is -0.972. The highest BCUT2D eigenvalue weighted by atomic mass is 35.5. The first-order valence-corrected chi connectivity index (χ1v) is 10.0. The second-order valence-corrected chi connectivity index (χ2v) is 8.17. The van der Waals surface area contributed by atoms with Gasteiger partial charge in [0, 0.05) is 18.8 Å². The minimum absolute atomic E-state index is 0.0260. The summed E-state index contributed by atoms with van der Waals surface area (Å²) in [5, 5.41) is 15.9. The highest BCUT2D eigenvalue weighted by Gasteiger charge is 2.32. The number of amides is 1. The van der Waals surface area contributed by atoms with Crippen LogP contribution in [-0.4, -0.2) is 51.0 Å². The average molecular weight is 406 g/mol. The number of likely N-dealkylation sites (tertiary alicyclic amines) is 1. The summed E-state index contributed by atoms with van der Waals surface area (Å²) >= 11 is 6.18. The number of aromatic nitrogens is 2. The number of nitrogens with zero attached hydrogens (tertiary/aromatic N) is 3. The number of hydrogen-bond acceptors (Lipinski definition) is 4. The first-order chi connectivity index (χ1) is 13.3. The quantitative estimate of drug-likeness (QED) is 0.828. The molecule has 1 aliphatic rings. The number of hydrogen-bond donors (Lipinski definition) is 1. The number of rotatable bonds is 5. The van der Waals surface area contributed by atoms with E-state index in [0.717, 1.165) is 23.4 Å². The SMILES string of the molecule is Cc1ccc(Cl)c(OCC2(O)CCCN(C(=O)Cn3nc(C)cc3C)CC2)c1. The standard InChI is InChI=1S/C21H28ClN3O3/c1-15-5-6-18(22)19(11-15)28-14-21(27)7-4-9-24(10-8-21)20(26)13-25-17(3)12-16(2)23-25/h5-6,11-12,27H,4,7-10,13-14H2,1-3H3. The summed E-state index contributed by atoms with van der Waals surface area (Å²) in [5.74, 6) is 0.606. The summed E-state index contributed by atoms with van der Waals surface area (Å²) in [6.45, 7) is 7.35. The van der Waals surface area contributed by atoms with Gasteiger partial charge in [-0.3, -0.25) is 9.48 Å². The van der Waals surface area contributed by atoms with Gasteiger partial charge in [-0.2, -0.15) is 5.10 Å². The maximum Gasteiger partial charge on any atom is 0.244 e. The predicted octanol–water partition coefficient (Wildman–Crippen LogP) is 3.28. The van der Waals surface area contributed by atoms with Crippen molar-refractivity contribution >= 4 is 17.5 Å². The highest BCUT2D eigenvalue weighted by Crippen LogP contribution is 2.29. The van der Waals surface area contributed by atoms with Crippen molar-refractivity contribution in [3.05, 3.63) is 46.2 Å². The van der Waals surface area contributed by atoms with E-state index < -0.39 is 5.60 Å². The van der Waals surface area contributed by atoms with Crippen molar-refractivity contribution in [3.8, 4) is 5.75 Å². The third kappa shape index (κ3) is 5.06. The fraction of sp³-hybridized carbons (Fsp3) is 0.524. The number of aryl methyl sites for hydroxylation is 3. The highest BCUT2D eigenvalue weighted by molar-refractivity contribution is 6.32. The van der Waals surface area contributed by atoms with Crippen LogP contribution in [0.3, 0.4) is 0 Å². The number of carbonyl (C=O) groups is 1. The van der Waals surface area contributed by atoms with Crippen LogP contribution in [0, 0.1) is 20.8 Å². The van der Waals surface area contributed by atoms with Crippen LogP contribution in [-0.2, 0) is 11.3 Å². The molecule has 0 saturated carbocycles. The zero-order valence-electron chi connectivity index (χ0n) is 16.7. The molecule has 2 heterocycles. The van der Waals surface area contributed by atoms with Crippen molar-refractivity contribution < 1.29 is 14.6 Å². The van der Waals surface area contributed by atoms with Gasteiger partial charge in [0.15, 0.2) is 0 Å². The van der Waals surface area contributed by atoms with Crippen LogP contribution >= 0.6 is 11.6 Å². The number of ether oxygens (including phenoxy) is 1. The van der Waals surface area contributed by atoms with Gasteiger partial charge >= 0.3 is 0 Å². The maximum atomic E-state index is 12.7. The normalized spacial score (nSPS) is 20.1. The fourth-order valence-electron chi connectivity index (χ4n) is 3.57. The molecule has 1 amide bonds. The van der Waals surface area contributed by atoms with Gasteiger partial charge in [0.25, 0.3) is 0 Å². The molecule has 0 radical (unpaired) electrons. The van der Waals surface area contributed by atoms with E-state index in [1.54, 1.807) is 10.7 Å². The summed E-state index contributed by atoms with van der Waals surface area (Å²) in [6, 6.07) is 7.54. The average Bonchev–Trinajstić information content (AvgIpc) is 2.83. The van der Waals surface area contributed by atoms with Gasteiger partial charge in [-0.1, -0.05) is 17.7 Å². The van der Waals surface area contributed by atoms with Crippen LogP contribution < -0.4 is 4.74 Å². The van der Waals surface area contributed by atoms with Crippen molar-refractivity contribution in [2.45, 2.75) is 52.2 Å². The van der Waals surface area contributed by atoms with Crippen LogP contribution in [0.5, 0.6) is 5.75 Å². The van der Waals surface area contributed by atoms with Crippen molar-refractivity contribution in [2.75, 3.05) is 19.7 Å². The molecule has 3 rings (SSSR count). The third-order valence-electron chi connectivity index (χ3n) is 5.24. The van der Waals surface area contributed by atoms with Gasteiger partial charge in [-0.05, 0) is 63.8 Å². The Hall–Kier alpha value is -2.05. The van der Waals surface area contributed by atoms with Crippen LogP contribution in [0.1, 0.15) is 36.2 Å². The number of carbonyl (C=O) groups excluding carboxylic acids is 1. The Morgan fingerprint density at radius 3 is 2.75 bits per heavy atom. The van der Waals surface area contributed by atoms with Crippen molar-refractivity contribution in [1.29, 1.82) is 0 Å². The summed E-state index contributed by atoms with van der Waals surface area (Å²) < 4.78 is 7.56. The van der Waals surface area contributed by atoms with Crippen molar-refractivity contribution in [1.82, 2.24) is 14.7 Å². The molecule has 1 aromatic heterocycles. The Kier molecular flexibility index (Phi) is 6.30. The molecule has 1 aromatic carbocycles. The summed E-state index contributed by atoms with van der Waals surface area (Å²) in [4.78, 5) is 14.5. The predicted molar refractivity (Wildman–Crippen MR) is 109 cm³/mol. The van der Waals surface area contributed by atoms with E-state index in [2.05, 4.69) is 5.10 Å². The molecule has 2 aromatic rings. The van der Waals surface area contributed by atoms with Gasteiger partial charge in [-0.25, -0.2) is 0 Å². The molecule has 1 N–H and O–H groups in total. The van der Waals surface area contributed by atoms with E-state index in [4.69, 9.17) is 16.3 Å². The van der Waals surface area contributed by atoms with E-state index in [-0.39, 0.29) is 19.1 Å². The van der Waals surface area contributed by atoms with Crippen LogP contribution in [0.2, 0.25) is 5.02 Å². The summed E-state index contributed by atoms with van der Waals surface area (Å²) in [6.07, 6.45) is 1.78. The molecule has 1 fully saturated rings. The van der Waals surface area contributed by atoms with E-state index in [9.17, 15) is 9.90 Å². The maximum absolute atomic E-state index is 12.7. The Balaban J connectivity index is 1.58. The molecule has 0 spiro atoms. The molecule has 0 aliphatic carbocycles. The van der Waals surface area contributed by atoms with E-state index >= 15 is 0 Å². The lowest BCUT2D eigenvalue weighted by Gasteiger charge is -2.27. The van der Waals surface area contributed by atoms with Crippen molar-refractivity contribution in [2.24, 2.45) is 0 Å². The topological polar surface area (TPSA) is 67.6 Å². The zero-order chi connectivity index (χ0) is 20.3. The first kappa shape index (κ1) is 20.7. The molecule has 28 heavy (non-hydrogen) atoms. The second-order valence-electron chi connectivity index (χ2n) is 7.77. The van der Waals surface area contributed by atoms with Gasteiger partial charge in [-0.15, -0.1) is 0 Å². The summed E-state index contributed by atoms with van der Waals surface area (Å²) in [5.41, 5.74) is 1.96. The molecular formula is C21H28ClN3O3. The van der Waals surface area contributed by atoms with Gasteiger partial charge in [0.1, 0.15) is 24.5 Å². The lowest BCUT2D eigenvalue weighted by atomic mass is 9.96. The Morgan fingerprint density at radius 2 is 2.04 bits per heavy atom. The molecule has 1 atom stereocenters. The molecule has 6 nitrogen and oxygen atoms in total. The molecule has 7 heteroatoms. The minimum Gasteiger partial charge on any atom is -0.489 e. The molecule has 1 unspecified atom stereocenters. The Bertz CT molecular complexity index is 851. The third-order valence-corrected chi connectivity index (χ3v) is 5.55. The number of benzene rings is 1. The number of aliphatic hydroxyl groups is 1. The monoisotopic (exact) mass is 405 g/mol. The second kappa shape index (κ2) is 8.53. The smallest absolute Gasteiger partial charge is 0.244 e. The molecule has 152 valence electrons. The van der Waals surface area contributed by atoms with Gasteiger partial charge in [0.2, 0.25) is 5.91 Å². The van der Waals surface area contributed by atoms with E-state index in [1.807, 2.05) is 43.9 Å². The van der Waals surface area contributed by atoms with Gasteiger partial charge in [0.05, 0.1) is 10.7 Å². The fourth-order valence-corrected chi connectivity index (χ4v) is 3.74. The largest absolute Gasteiger partial charge is 0.489 e. The zero-order valence-corrected chi connectivity index (χ0v) is 17.5. The van der Waals surface area contributed by atoms with Crippen LogP contribution in [0.15, 0.2) is 24.3 Å². The van der Waals surface area contributed by atoms with Crippen LogP contribution in [0.25, 0.3) is 0 Å². The lowest BCUT2D eigenvalue weighted by molar-refractivity contribution is -0.132. The molecule has 1 aliphatic heterocycles. The Morgan fingerprint density at radius 1 is 1.25 bits per heavy atom. The van der Waals surface area contributed by atoms with E-state index in [1.165, 1.54) is 0 Å². The molecular weight excluding hydrogens is 378 g/mol. The van der Waals surface area contributed by atoms with Crippen LogP contribution in [0.4, 0.5) is 0 Å².